The van der Waals surface area contributed by atoms with E-state index in [2.05, 4.69) is 15.2 Å². The molecule has 3 rings (SSSR count). The molecule has 0 aliphatic carbocycles. The van der Waals surface area contributed by atoms with E-state index in [4.69, 9.17) is 21.1 Å². The number of H-pyrrole nitrogens is 1. The molecule has 3 heterocycles. The average molecular weight is 328 g/mol. The van der Waals surface area contributed by atoms with Gasteiger partial charge in [-0.1, -0.05) is 11.6 Å². The largest absolute Gasteiger partial charge is 0.379 e. The van der Waals surface area contributed by atoms with Crippen molar-refractivity contribution in [2.75, 3.05) is 39.5 Å². The molecule has 0 saturated carbocycles. The molecule has 2 atom stereocenters. The van der Waals surface area contributed by atoms with Crippen LogP contribution in [0.15, 0.2) is 17.1 Å². The summed E-state index contributed by atoms with van der Waals surface area (Å²) in [4.78, 5) is 28.7. The first kappa shape index (κ1) is 15.5. The van der Waals surface area contributed by atoms with Gasteiger partial charge < -0.3 is 19.8 Å². The van der Waals surface area contributed by atoms with Crippen LogP contribution in [0.2, 0.25) is 5.02 Å². The van der Waals surface area contributed by atoms with E-state index < -0.39 is 11.5 Å². The van der Waals surface area contributed by atoms with E-state index in [-0.39, 0.29) is 17.6 Å². The number of nitrogens with zero attached hydrogens (tertiary/aromatic N) is 1. The Kier molecular flexibility index (Phi) is 4.77. The minimum absolute atomic E-state index is 0.0140. The van der Waals surface area contributed by atoms with Crippen molar-refractivity contribution in [2.24, 2.45) is 0 Å². The van der Waals surface area contributed by atoms with Gasteiger partial charge in [-0.2, -0.15) is 0 Å². The van der Waals surface area contributed by atoms with Crippen molar-refractivity contribution in [1.82, 2.24) is 15.2 Å². The Labute approximate surface area is 132 Å². The second-order valence-corrected chi connectivity index (χ2v) is 5.83. The molecule has 0 bridgehead atoms. The Balaban J connectivity index is 1.69. The Hall–Kier alpha value is -1.41. The number of aromatic nitrogens is 1. The minimum atomic E-state index is -0.455. The van der Waals surface area contributed by atoms with Gasteiger partial charge in [-0.05, 0) is 6.07 Å². The van der Waals surface area contributed by atoms with Crippen LogP contribution < -0.4 is 10.9 Å². The van der Waals surface area contributed by atoms with Crippen LogP contribution in [0.5, 0.6) is 0 Å². The number of pyridine rings is 1. The van der Waals surface area contributed by atoms with E-state index in [9.17, 15) is 9.59 Å². The van der Waals surface area contributed by atoms with E-state index in [1.54, 1.807) is 0 Å². The zero-order chi connectivity index (χ0) is 15.5. The fraction of sp³-hybridized carbons (Fsp3) is 0.571. The van der Waals surface area contributed by atoms with Gasteiger partial charge in [0.25, 0.3) is 11.5 Å². The van der Waals surface area contributed by atoms with Gasteiger partial charge in [0.05, 0.1) is 43.5 Å². The lowest BCUT2D eigenvalue weighted by Gasteiger charge is -2.34. The molecule has 2 fully saturated rings. The lowest BCUT2D eigenvalue weighted by molar-refractivity contribution is 0.0108. The summed E-state index contributed by atoms with van der Waals surface area (Å²) in [6, 6.07) is 1.32. The lowest BCUT2D eigenvalue weighted by atomic mass is 10.1. The number of rotatable bonds is 3. The van der Waals surface area contributed by atoms with Crippen LogP contribution in [0.4, 0.5) is 0 Å². The number of hydrogen-bond acceptors (Lipinski definition) is 5. The van der Waals surface area contributed by atoms with Gasteiger partial charge in [0, 0.05) is 19.3 Å². The normalized spacial score (nSPS) is 26.0. The maximum absolute atomic E-state index is 12.3. The van der Waals surface area contributed by atoms with Crippen molar-refractivity contribution in [3.05, 3.63) is 33.2 Å². The number of hydrogen-bond donors (Lipinski definition) is 2. The van der Waals surface area contributed by atoms with Gasteiger partial charge >= 0.3 is 0 Å². The van der Waals surface area contributed by atoms with Crippen LogP contribution in [0.25, 0.3) is 0 Å². The number of morpholine rings is 1. The highest BCUT2D eigenvalue weighted by Crippen LogP contribution is 2.15. The van der Waals surface area contributed by atoms with Crippen LogP contribution in [0.1, 0.15) is 10.4 Å². The van der Waals surface area contributed by atoms with Gasteiger partial charge in [-0.15, -0.1) is 0 Å². The van der Waals surface area contributed by atoms with Crippen LogP contribution in [0, 0.1) is 0 Å². The summed E-state index contributed by atoms with van der Waals surface area (Å²) in [7, 11) is 0. The fourth-order valence-corrected chi connectivity index (χ4v) is 2.99. The highest BCUT2D eigenvalue weighted by molar-refractivity contribution is 6.30. The molecule has 0 radical (unpaired) electrons. The standard InChI is InChI=1S/C14H18ClN3O4/c15-9-5-10(13(19)16-6-9)14(20)17-11-7-22-8-12(11)18-1-3-21-4-2-18/h5-6,11-12H,1-4,7-8H2,(H,16,19)(H,17,20)/t11-,12-/m1/s1. The number of carbonyl (C=O) groups excluding carboxylic acids is 1. The van der Waals surface area contributed by atoms with Crippen LogP contribution >= 0.6 is 11.6 Å². The third-order valence-electron chi connectivity index (χ3n) is 3.99. The van der Waals surface area contributed by atoms with Crippen molar-refractivity contribution < 1.29 is 14.3 Å². The minimum Gasteiger partial charge on any atom is -0.379 e. The monoisotopic (exact) mass is 327 g/mol. The number of amides is 1. The molecule has 0 spiro atoms. The number of ether oxygens (including phenoxy) is 2. The molecule has 0 unspecified atom stereocenters. The van der Waals surface area contributed by atoms with E-state index in [1.165, 1.54) is 12.3 Å². The first-order valence-electron chi connectivity index (χ1n) is 7.24. The van der Waals surface area contributed by atoms with Crippen molar-refractivity contribution in [3.8, 4) is 0 Å². The molecule has 1 amide bonds. The summed E-state index contributed by atoms with van der Waals surface area (Å²) in [5.41, 5.74) is -0.441. The summed E-state index contributed by atoms with van der Waals surface area (Å²) in [5.74, 6) is -0.433. The van der Waals surface area contributed by atoms with Crippen LogP contribution in [-0.2, 0) is 9.47 Å². The maximum atomic E-state index is 12.3. The second-order valence-electron chi connectivity index (χ2n) is 5.39. The smallest absolute Gasteiger partial charge is 0.260 e. The number of halogens is 1. The molecular weight excluding hydrogens is 310 g/mol. The zero-order valence-corrected chi connectivity index (χ0v) is 12.8. The first-order chi connectivity index (χ1) is 10.6. The molecule has 22 heavy (non-hydrogen) atoms. The molecule has 2 N–H and O–H groups in total. The summed E-state index contributed by atoms with van der Waals surface area (Å²) in [6.45, 7) is 4.01. The zero-order valence-electron chi connectivity index (χ0n) is 12.0. The molecule has 0 aromatic carbocycles. The van der Waals surface area contributed by atoms with Crippen molar-refractivity contribution in [2.45, 2.75) is 12.1 Å². The topological polar surface area (TPSA) is 83.7 Å². The maximum Gasteiger partial charge on any atom is 0.260 e. The molecule has 7 nitrogen and oxygen atoms in total. The van der Waals surface area contributed by atoms with Crippen molar-refractivity contribution in [3.63, 3.8) is 0 Å². The van der Waals surface area contributed by atoms with Gasteiger partial charge in [0.2, 0.25) is 0 Å². The average Bonchev–Trinajstić information content (AvgIpc) is 2.98. The highest BCUT2D eigenvalue weighted by Gasteiger charge is 2.35. The number of nitrogens with one attached hydrogen (secondary N) is 2. The predicted molar refractivity (Wildman–Crippen MR) is 80.3 cm³/mol. The summed E-state index contributed by atoms with van der Waals surface area (Å²) in [6.07, 6.45) is 1.36. The molecule has 1 aromatic heterocycles. The summed E-state index contributed by atoms with van der Waals surface area (Å²) >= 11 is 5.83. The molecule has 8 heteroatoms. The predicted octanol–water partition coefficient (Wildman–Crippen LogP) is -0.142. The van der Waals surface area contributed by atoms with Crippen molar-refractivity contribution in [1.29, 1.82) is 0 Å². The molecule has 2 aliphatic heterocycles. The van der Waals surface area contributed by atoms with Crippen molar-refractivity contribution >= 4 is 17.5 Å². The highest BCUT2D eigenvalue weighted by atomic mass is 35.5. The van der Waals surface area contributed by atoms with Gasteiger partial charge in [-0.25, -0.2) is 0 Å². The Morgan fingerprint density at radius 2 is 2.09 bits per heavy atom. The van der Waals surface area contributed by atoms with Gasteiger partial charge in [0.1, 0.15) is 5.56 Å². The molecule has 1 aromatic rings. The van der Waals surface area contributed by atoms with Crippen LogP contribution in [-0.4, -0.2) is 67.4 Å². The quantitative estimate of drug-likeness (QED) is 0.807. The molecule has 2 aliphatic rings. The summed E-state index contributed by atoms with van der Waals surface area (Å²) in [5, 5.41) is 3.20. The van der Waals surface area contributed by atoms with E-state index in [1.807, 2.05) is 0 Å². The van der Waals surface area contributed by atoms with E-state index >= 15 is 0 Å². The third kappa shape index (κ3) is 3.33. The number of carbonyl (C=O) groups is 1. The number of aromatic amines is 1. The van der Waals surface area contributed by atoms with Gasteiger partial charge in [-0.3, -0.25) is 14.5 Å². The summed E-state index contributed by atoms with van der Waals surface area (Å²) < 4.78 is 10.8. The SMILES string of the molecule is O=C(N[C@@H]1COC[C@H]1N1CCOCC1)c1cc(Cl)c[nH]c1=O. The van der Waals surface area contributed by atoms with E-state index in [0.717, 1.165) is 13.1 Å². The van der Waals surface area contributed by atoms with Crippen LogP contribution in [0.3, 0.4) is 0 Å². The lowest BCUT2D eigenvalue weighted by Crippen LogP contribution is -2.54. The Morgan fingerprint density at radius 1 is 1.32 bits per heavy atom. The Bertz CT molecular complexity index is 600. The Morgan fingerprint density at radius 3 is 2.86 bits per heavy atom. The second kappa shape index (κ2) is 6.78. The molecule has 120 valence electrons. The molecular formula is C14H18ClN3O4. The third-order valence-corrected chi connectivity index (χ3v) is 4.21. The van der Waals surface area contributed by atoms with Gasteiger partial charge in [0.15, 0.2) is 0 Å². The van der Waals surface area contributed by atoms with E-state index in [0.29, 0.717) is 31.5 Å². The molecule has 2 saturated heterocycles. The fourth-order valence-electron chi connectivity index (χ4n) is 2.82. The first-order valence-corrected chi connectivity index (χ1v) is 7.61.